The van der Waals surface area contributed by atoms with Gasteiger partial charge in [0.25, 0.3) is 0 Å². The highest BCUT2D eigenvalue weighted by atomic mass is 16.1. The Kier molecular flexibility index (Phi) is 3.47. The van der Waals surface area contributed by atoms with E-state index in [1.165, 1.54) is 12.8 Å². The van der Waals surface area contributed by atoms with Gasteiger partial charge in [0, 0.05) is 30.9 Å². The number of nitrogens with one attached hydrogen (secondary N) is 2. The van der Waals surface area contributed by atoms with Gasteiger partial charge < -0.3 is 10.6 Å². The largest absolute Gasteiger partial charge is 0.351 e. The Morgan fingerprint density at radius 2 is 2.18 bits per heavy atom. The van der Waals surface area contributed by atoms with E-state index in [2.05, 4.69) is 15.7 Å². The first-order valence-electron chi connectivity index (χ1n) is 6.07. The van der Waals surface area contributed by atoms with E-state index in [1.807, 2.05) is 25.6 Å². The maximum atomic E-state index is 11.6. The van der Waals surface area contributed by atoms with Crippen LogP contribution in [0.5, 0.6) is 0 Å². The highest BCUT2D eigenvalue weighted by Gasteiger charge is 2.21. The molecule has 1 amide bonds. The quantitative estimate of drug-likeness (QED) is 0.778. The van der Waals surface area contributed by atoms with E-state index >= 15 is 0 Å². The molecule has 1 aliphatic rings. The number of carbonyl (C=O) groups is 1. The van der Waals surface area contributed by atoms with Crippen LogP contribution in [0.25, 0.3) is 0 Å². The van der Waals surface area contributed by atoms with Crippen LogP contribution in [0.15, 0.2) is 0 Å². The Morgan fingerprint density at radius 1 is 1.47 bits per heavy atom. The van der Waals surface area contributed by atoms with Gasteiger partial charge in [-0.2, -0.15) is 5.10 Å². The molecule has 1 saturated carbocycles. The van der Waals surface area contributed by atoms with Crippen molar-refractivity contribution in [3.8, 4) is 0 Å². The maximum Gasteiger partial charge on any atom is 0.234 e. The first kappa shape index (κ1) is 12.1. The molecule has 0 aliphatic heterocycles. The minimum Gasteiger partial charge on any atom is -0.351 e. The number of nitrogens with zero attached hydrogens (tertiary/aromatic N) is 2. The number of aromatic nitrogens is 2. The Morgan fingerprint density at radius 3 is 2.71 bits per heavy atom. The van der Waals surface area contributed by atoms with Crippen molar-refractivity contribution >= 4 is 5.91 Å². The fraction of sp³-hybridized carbons (Fsp3) is 0.667. The van der Waals surface area contributed by atoms with Crippen LogP contribution in [-0.2, 0) is 18.4 Å². The fourth-order valence-electron chi connectivity index (χ4n) is 1.85. The lowest BCUT2D eigenvalue weighted by Gasteiger charge is -2.06. The van der Waals surface area contributed by atoms with E-state index in [0.717, 1.165) is 17.0 Å². The molecule has 1 aromatic heterocycles. The van der Waals surface area contributed by atoms with E-state index < -0.39 is 0 Å². The topological polar surface area (TPSA) is 59.0 Å². The molecule has 5 nitrogen and oxygen atoms in total. The molecule has 0 atom stereocenters. The minimum absolute atomic E-state index is 0.0551. The molecule has 1 aliphatic carbocycles. The number of aryl methyl sites for hydroxylation is 2. The third kappa shape index (κ3) is 3.06. The number of carbonyl (C=O) groups excluding carboxylic acids is 1. The van der Waals surface area contributed by atoms with Crippen molar-refractivity contribution < 1.29 is 4.79 Å². The molecule has 0 saturated heterocycles. The summed E-state index contributed by atoms with van der Waals surface area (Å²) in [7, 11) is 1.92. The summed E-state index contributed by atoms with van der Waals surface area (Å²) in [5.74, 6) is 0.0551. The lowest BCUT2D eigenvalue weighted by atomic mass is 10.2. The molecule has 1 fully saturated rings. The standard InChI is InChI=1S/C12H20N4O/c1-8-11(9(2)16(3)15-8)6-14-12(17)7-13-10-4-5-10/h10,13H,4-7H2,1-3H3,(H,14,17). The van der Waals surface area contributed by atoms with Crippen molar-refractivity contribution in [3.63, 3.8) is 0 Å². The SMILES string of the molecule is Cc1nn(C)c(C)c1CNC(=O)CNC1CC1. The molecule has 17 heavy (non-hydrogen) atoms. The van der Waals surface area contributed by atoms with E-state index in [0.29, 0.717) is 19.1 Å². The molecule has 0 radical (unpaired) electrons. The number of hydrogen-bond donors (Lipinski definition) is 2. The van der Waals surface area contributed by atoms with Crippen LogP contribution < -0.4 is 10.6 Å². The smallest absolute Gasteiger partial charge is 0.234 e. The molecule has 0 unspecified atom stereocenters. The van der Waals surface area contributed by atoms with E-state index in [4.69, 9.17) is 0 Å². The third-order valence-electron chi connectivity index (χ3n) is 3.25. The van der Waals surface area contributed by atoms with Gasteiger partial charge in [0.05, 0.1) is 12.2 Å². The number of rotatable bonds is 5. The van der Waals surface area contributed by atoms with Crippen molar-refractivity contribution in [1.82, 2.24) is 20.4 Å². The van der Waals surface area contributed by atoms with Crippen LogP contribution in [0, 0.1) is 13.8 Å². The van der Waals surface area contributed by atoms with Gasteiger partial charge in [0.15, 0.2) is 0 Å². The van der Waals surface area contributed by atoms with Gasteiger partial charge in [-0.25, -0.2) is 0 Å². The van der Waals surface area contributed by atoms with Crippen molar-refractivity contribution in [2.24, 2.45) is 7.05 Å². The predicted molar refractivity (Wildman–Crippen MR) is 65.6 cm³/mol. The van der Waals surface area contributed by atoms with Crippen LogP contribution in [0.2, 0.25) is 0 Å². The Bertz CT molecular complexity index is 420. The predicted octanol–water partition coefficient (Wildman–Crippen LogP) is 0.405. The zero-order valence-corrected chi connectivity index (χ0v) is 10.7. The molecular weight excluding hydrogens is 216 g/mol. The minimum atomic E-state index is 0.0551. The maximum absolute atomic E-state index is 11.6. The third-order valence-corrected chi connectivity index (χ3v) is 3.25. The first-order chi connectivity index (χ1) is 8.08. The highest BCUT2D eigenvalue weighted by Crippen LogP contribution is 2.18. The van der Waals surface area contributed by atoms with Crippen molar-refractivity contribution in [2.75, 3.05) is 6.54 Å². The van der Waals surface area contributed by atoms with Gasteiger partial charge in [-0.15, -0.1) is 0 Å². The monoisotopic (exact) mass is 236 g/mol. The van der Waals surface area contributed by atoms with Gasteiger partial charge in [0.2, 0.25) is 5.91 Å². The van der Waals surface area contributed by atoms with Crippen molar-refractivity contribution in [2.45, 2.75) is 39.3 Å². The van der Waals surface area contributed by atoms with Gasteiger partial charge in [-0.05, 0) is 26.7 Å². The van der Waals surface area contributed by atoms with Crippen LogP contribution in [0.4, 0.5) is 0 Å². The second kappa shape index (κ2) is 4.87. The summed E-state index contributed by atoms with van der Waals surface area (Å²) >= 11 is 0. The second-order valence-corrected chi connectivity index (χ2v) is 4.70. The summed E-state index contributed by atoms with van der Waals surface area (Å²) in [6.45, 7) is 4.97. The van der Waals surface area contributed by atoms with Gasteiger partial charge in [0.1, 0.15) is 0 Å². The van der Waals surface area contributed by atoms with E-state index in [-0.39, 0.29) is 5.91 Å². The highest BCUT2D eigenvalue weighted by molar-refractivity contribution is 5.78. The molecule has 1 aromatic rings. The zero-order chi connectivity index (χ0) is 12.4. The summed E-state index contributed by atoms with van der Waals surface area (Å²) in [5.41, 5.74) is 3.21. The fourth-order valence-corrected chi connectivity index (χ4v) is 1.85. The molecule has 0 aromatic carbocycles. The van der Waals surface area contributed by atoms with E-state index in [9.17, 15) is 4.79 Å². The summed E-state index contributed by atoms with van der Waals surface area (Å²) in [6.07, 6.45) is 2.40. The zero-order valence-electron chi connectivity index (χ0n) is 10.7. The van der Waals surface area contributed by atoms with Gasteiger partial charge >= 0.3 is 0 Å². The van der Waals surface area contributed by atoms with Crippen LogP contribution in [0.3, 0.4) is 0 Å². The normalized spacial score (nSPS) is 15.0. The lowest BCUT2D eigenvalue weighted by molar-refractivity contribution is -0.120. The average Bonchev–Trinajstić information content (AvgIpc) is 3.06. The Balaban J connectivity index is 1.81. The number of hydrogen-bond acceptors (Lipinski definition) is 3. The van der Waals surface area contributed by atoms with Gasteiger partial charge in [-0.1, -0.05) is 0 Å². The molecule has 5 heteroatoms. The molecule has 2 N–H and O–H groups in total. The molecular formula is C12H20N4O. The molecule has 1 heterocycles. The summed E-state index contributed by atoms with van der Waals surface area (Å²) < 4.78 is 1.85. The first-order valence-corrected chi connectivity index (χ1v) is 6.07. The van der Waals surface area contributed by atoms with E-state index in [1.54, 1.807) is 0 Å². The summed E-state index contributed by atoms with van der Waals surface area (Å²) in [6, 6.07) is 0.572. The molecule has 0 bridgehead atoms. The van der Waals surface area contributed by atoms with Crippen molar-refractivity contribution in [1.29, 1.82) is 0 Å². The Hall–Kier alpha value is -1.36. The van der Waals surface area contributed by atoms with Crippen LogP contribution >= 0.6 is 0 Å². The second-order valence-electron chi connectivity index (χ2n) is 4.70. The molecule has 2 rings (SSSR count). The van der Waals surface area contributed by atoms with Gasteiger partial charge in [-0.3, -0.25) is 9.48 Å². The van der Waals surface area contributed by atoms with Crippen LogP contribution in [0.1, 0.15) is 29.8 Å². The van der Waals surface area contributed by atoms with Crippen molar-refractivity contribution in [3.05, 3.63) is 17.0 Å². The van der Waals surface area contributed by atoms with Crippen LogP contribution in [-0.4, -0.2) is 28.3 Å². The lowest BCUT2D eigenvalue weighted by Crippen LogP contribution is -2.34. The molecule has 94 valence electrons. The summed E-state index contributed by atoms with van der Waals surface area (Å²) in [4.78, 5) is 11.6. The molecule has 0 spiro atoms. The summed E-state index contributed by atoms with van der Waals surface area (Å²) in [5, 5.41) is 10.4. The Labute approximate surface area is 102 Å². The number of amides is 1. The average molecular weight is 236 g/mol.